The lowest BCUT2D eigenvalue weighted by molar-refractivity contribution is -0.443. The van der Waals surface area contributed by atoms with Crippen LogP contribution in [0, 0.1) is 12.7 Å². The van der Waals surface area contributed by atoms with Crippen LogP contribution in [0.15, 0.2) is 24.3 Å². The molecule has 0 saturated heterocycles. The lowest BCUT2D eigenvalue weighted by Gasteiger charge is -2.42. The highest BCUT2D eigenvalue weighted by Crippen LogP contribution is 2.63. The predicted octanol–water partition coefficient (Wildman–Crippen LogP) is 8.69. The maximum atomic E-state index is 14.5. The van der Waals surface area contributed by atoms with Crippen molar-refractivity contribution in [3.8, 4) is 11.1 Å². The number of hydrogen-bond acceptors (Lipinski definition) is 4. The molecule has 2 rings (SSSR count). The van der Waals surface area contributed by atoms with Crippen molar-refractivity contribution >= 4 is 28.2 Å². The maximum absolute atomic E-state index is 14.5. The van der Waals surface area contributed by atoms with E-state index in [1.807, 2.05) is 0 Å². The standard InChI is InChI=1S/C23H14F17NO3S/c1-3-44-14(42)12-11(9-4-6-10(24)7-5-9)8(2)45-13(12)41-16(43)18(29,30)20(33,34)22(37,38)23(39,40)21(35,36)19(31,32)17(27,28)15(25)26/h4-7,15H,3H2,1-2H3,(H,41,43). The molecule has 0 atom stereocenters. The summed E-state index contributed by atoms with van der Waals surface area (Å²) >= 11 is 0.0614. The Kier molecular flexibility index (Phi) is 9.92. The van der Waals surface area contributed by atoms with Gasteiger partial charge in [0.15, 0.2) is 0 Å². The third kappa shape index (κ3) is 5.66. The smallest absolute Gasteiger partial charge is 0.393 e. The van der Waals surface area contributed by atoms with Gasteiger partial charge in [0.25, 0.3) is 0 Å². The summed E-state index contributed by atoms with van der Waals surface area (Å²) in [5, 5.41) is -0.429. The van der Waals surface area contributed by atoms with Crippen molar-refractivity contribution in [2.45, 2.75) is 61.7 Å². The molecule has 0 radical (unpaired) electrons. The number of amides is 1. The van der Waals surface area contributed by atoms with Gasteiger partial charge in [-0.3, -0.25) is 4.79 Å². The average Bonchev–Trinajstić information content (AvgIpc) is 3.23. The van der Waals surface area contributed by atoms with Crippen LogP contribution in [0.4, 0.5) is 79.6 Å². The first-order valence-electron chi connectivity index (χ1n) is 11.4. The number of hydrogen-bond donors (Lipinski definition) is 1. The van der Waals surface area contributed by atoms with Gasteiger partial charge in [0.2, 0.25) is 0 Å². The van der Waals surface area contributed by atoms with Gasteiger partial charge in [0, 0.05) is 10.4 Å². The van der Waals surface area contributed by atoms with E-state index in [4.69, 9.17) is 0 Å². The normalized spacial score (nSPS) is 14.1. The number of benzene rings is 1. The topological polar surface area (TPSA) is 55.4 Å². The third-order valence-corrected chi connectivity index (χ3v) is 6.89. The van der Waals surface area contributed by atoms with E-state index in [2.05, 4.69) is 4.74 Å². The highest BCUT2D eigenvalue weighted by atomic mass is 32.1. The Bertz CT molecular complexity index is 1420. The lowest BCUT2D eigenvalue weighted by Crippen LogP contribution is -2.74. The summed E-state index contributed by atoms with van der Waals surface area (Å²) in [6.45, 7) is 1.78. The summed E-state index contributed by atoms with van der Waals surface area (Å²) < 4.78 is 236. The molecule has 0 unspecified atom stereocenters. The number of thiophene rings is 1. The lowest BCUT2D eigenvalue weighted by atomic mass is 9.89. The summed E-state index contributed by atoms with van der Waals surface area (Å²) in [5.74, 6) is -63.3. The van der Waals surface area contributed by atoms with Gasteiger partial charge >= 0.3 is 59.8 Å². The fourth-order valence-electron chi connectivity index (χ4n) is 3.45. The second-order valence-electron chi connectivity index (χ2n) is 8.79. The molecule has 254 valence electrons. The molecule has 0 fully saturated rings. The van der Waals surface area contributed by atoms with E-state index in [0.29, 0.717) is 0 Å². The number of ether oxygens (including phenoxy) is 1. The van der Waals surface area contributed by atoms with Gasteiger partial charge in [0.1, 0.15) is 16.4 Å². The predicted molar refractivity (Wildman–Crippen MR) is 120 cm³/mol. The second-order valence-corrected chi connectivity index (χ2v) is 10.0. The molecule has 0 bridgehead atoms. The number of aryl methyl sites for hydroxylation is 1. The molecule has 4 nitrogen and oxygen atoms in total. The Morgan fingerprint density at radius 2 is 1.22 bits per heavy atom. The molecular formula is C23H14F17NO3S. The number of anilines is 1. The van der Waals surface area contributed by atoms with E-state index in [-0.39, 0.29) is 27.3 Å². The first kappa shape index (κ1) is 37.9. The van der Waals surface area contributed by atoms with E-state index in [9.17, 15) is 84.2 Å². The number of nitrogens with one attached hydrogen (secondary N) is 1. The number of alkyl halides is 16. The monoisotopic (exact) mass is 707 g/mol. The molecule has 1 heterocycles. The number of halogens is 17. The quantitative estimate of drug-likeness (QED) is 0.178. The first-order chi connectivity index (χ1) is 20.1. The molecule has 45 heavy (non-hydrogen) atoms. The van der Waals surface area contributed by atoms with Gasteiger partial charge in [-0.2, -0.15) is 61.5 Å². The average molecular weight is 707 g/mol. The summed E-state index contributed by atoms with van der Waals surface area (Å²) in [5.41, 5.74) is -1.46. The summed E-state index contributed by atoms with van der Waals surface area (Å²) in [6, 6.07) is 3.54. The van der Waals surface area contributed by atoms with Crippen molar-refractivity contribution in [3.63, 3.8) is 0 Å². The van der Waals surface area contributed by atoms with Crippen molar-refractivity contribution in [1.29, 1.82) is 0 Å². The Labute approximate surface area is 243 Å². The van der Waals surface area contributed by atoms with Crippen LogP contribution in [0.25, 0.3) is 11.1 Å². The third-order valence-electron chi connectivity index (χ3n) is 5.87. The Hall–Kier alpha value is -3.33. The molecule has 1 amide bonds. The van der Waals surface area contributed by atoms with Crippen molar-refractivity contribution in [2.24, 2.45) is 0 Å². The highest BCUT2D eigenvalue weighted by molar-refractivity contribution is 7.17. The molecular weight excluding hydrogens is 693 g/mol. The number of carbonyl (C=O) groups is 2. The number of carbonyl (C=O) groups excluding carboxylic acids is 2. The maximum Gasteiger partial charge on any atom is 0.393 e. The van der Waals surface area contributed by atoms with E-state index in [0.717, 1.165) is 36.5 Å². The first-order valence-corrected chi connectivity index (χ1v) is 12.2. The van der Waals surface area contributed by atoms with Crippen LogP contribution in [-0.4, -0.2) is 66.4 Å². The zero-order valence-electron chi connectivity index (χ0n) is 21.7. The van der Waals surface area contributed by atoms with Crippen molar-refractivity contribution in [3.05, 3.63) is 40.5 Å². The molecule has 0 spiro atoms. The molecule has 1 N–H and O–H groups in total. The molecule has 1 aromatic heterocycles. The number of rotatable bonds is 12. The summed E-state index contributed by atoms with van der Waals surface area (Å²) in [7, 11) is 0. The fraction of sp³-hybridized carbons (Fsp3) is 0.478. The molecule has 1 aromatic carbocycles. The zero-order valence-corrected chi connectivity index (χ0v) is 22.5. The van der Waals surface area contributed by atoms with Crippen LogP contribution >= 0.6 is 11.3 Å². The molecule has 0 saturated carbocycles. The van der Waals surface area contributed by atoms with Gasteiger partial charge < -0.3 is 10.1 Å². The van der Waals surface area contributed by atoms with Gasteiger partial charge in [-0.1, -0.05) is 12.1 Å². The van der Waals surface area contributed by atoms with Crippen LogP contribution in [0.3, 0.4) is 0 Å². The van der Waals surface area contributed by atoms with Crippen molar-refractivity contribution in [2.75, 3.05) is 11.9 Å². The Balaban J connectivity index is 2.65. The zero-order chi connectivity index (χ0) is 35.4. The van der Waals surface area contributed by atoms with E-state index < -0.39 is 82.7 Å². The van der Waals surface area contributed by atoms with Gasteiger partial charge in [-0.05, 0) is 31.5 Å². The second kappa shape index (κ2) is 11.8. The Morgan fingerprint density at radius 3 is 1.67 bits per heavy atom. The summed E-state index contributed by atoms with van der Waals surface area (Å²) in [6.07, 6.45) is -5.99. The summed E-state index contributed by atoms with van der Waals surface area (Å²) in [4.78, 5) is 24.5. The van der Waals surface area contributed by atoms with Crippen LogP contribution in [-0.2, 0) is 9.53 Å². The van der Waals surface area contributed by atoms with Crippen LogP contribution < -0.4 is 5.32 Å². The van der Waals surface area contributed by atoms with Crippen molar-refractivity contribution < 1.29 is 89.0 Å². The van der Waals surface area contributed by atoms with Crippen LogP contribution in [0.5, 0.6) is 0 Å². The largest absolute Gasteiger partial charge is 0.462 e. The fourth-order valence-corrected chi connectivity index (χ4v) is 4.51. The van der Waals surface area contributed by atoms with E-state index in [1.54, 1.807) is 0 Å². The minimum atomic E-state index is -8.68. The Morgan fingerprint density at radius 1 is 0.778 bits per heavy atom. The van der Waals surface area contributed by atoms with Crippen LogP contribution in [0.1, 0.15) is 22.2 Å². The molecule has 0 aliphatic heterocycles. The van der Waals surface area contributed by atoms with Crippen LogP contribution in [0.2, 0.25) is 0 Å². The van der Waals surface area contributed by atoms with Gasteiger partial charge in [-0.25, -0.2) is 18.0 Å². The van der Waals surface area contributed by atoms with Gasteiger partial charge in [0.05, 0.1) is 6.61 Å². The SMILES string of the molecule is CCOC(=O)c1c(NC(=O)C(F)(F)C(F)(F)C(F)(F)C(F)(F)C(F)(F)C(F)(F)C(F)(F)C(F)F)sc(C)c1-c1ccc(F)cc1. The van der Waals surface area contributed by atoms with Crippen molar-refractivity contribution in [1.82, 2.24) is 0 Å². The molecule has 0 aliphatic rings. The number of esters is 1. The minimum absolute atomic E-state index is 0.0614. The van der Waals surface area contributed by atoms with E-state index >= 15 is 0 Å². The molecule has 22 heteroatoms. The minimum Gasteiger partial charge on any atom is -0.462 e. The molecule has 0 aliphatic carbocycles. The highest BCUT2D eigenvalue weighted by Gasteiger charge is 2.94. The van der Waals surface area contributed by atoms with E-state index in [1.165, 1.54) is 6.92 Å². The van der Waals surface area contributed by atoms with Gasteiger partial charge in [-0.15, -0.1) is 11.3 Å². The molecule has 2 aromatic rings.